The lowest BCUT2D eigenvalue weighted by Crippen LogP contribution is -2.40. The summed E-state index contributed by atoms with van der Waals surface area (Å²) in [5.41, 5.74) is 16.8. The van der Waals surface area contributed by atoms with E-state index in [0.717, 1.165) is 68.7 Å². The number of anilines is 5. The minimum absolute atomic E-state index is 0.378. The monoisotopic (exact) mass is 757 g/mol. The van der Waals surface area contributed by atoms with E-state index in [4.69, 9.17) is 9.72 Å². The average Bonchev–Trinajstić information content (AvgIpc) is 3.60. The van der Waals surface area contributed by atoms with Crippen molar-refractivity contribution in [1.82, 2.24) is 4.98 Å². The van der Waals surface area contributed by atoms with Crippen LogP contribution in [-0.2, 0) is 5.41 Å². The second-order valence-electron chi connectivity index (χ2n) is 16.0. The SMILES string of the molecule is CC1C=CC2=C(C1)C1(c3ccccc3-c3c1ccc1c3Oc3ccccc3N1c1cc(-c3ccccc3)cc(-c3ccccc3)n1)c1ccccc1N2c1ccccc1. The van der Waals surface area contributed by atoms with E-state index in [9.17, 15) is 0 Å². The lowest BCUT2D eigenvalue weighted by Gasteiger charge is -2.48. The van der Waals surface area contributed by atoms with E-state index >= 15 is 0 Å². The van der Waals surface area contributed by atoms with E-state index in [0.29, 0.717) is 5.92 Å². The van der Waals surface area contributed by atoms with Crippen LogP contribution >= 0.6 is 0 Å². The predicted molar refractivity (Wildman–Crippen MR) is 240 cm³/mol. The van der Waals surface area contributed by atoms with Crippen LogP contribution in [0.3, 0.4) is 0 Å². The van der Waals surface area contributed by atoms with Gasteiger partial charge in [0.05, 0.1) is 28.2 Å². The molecule has 280 valence electrons. The van der Waals surface area contributed by atoms with Crippen molar-refractivity contribution in [3.8, 4) is 45.0 Å². The number of allylic oxidation sites excluding steroid dienone is 3. The van der Waals surface area contributed by atoms with E-state index in [1.807, 2.05) is 0 Å². The molecule has 0 fully saturated rings. The first-order valence-electron chi connectivity index (χ1n) is 20.5. The van der Waals surface area contributed by atoms with Crippen LogP contribution in [0.1, 0.15) is 30.0 Å². The molecular formula is C55H39N3O. The smallest absolute Gasteiger partial charge is 0.159 e. The summed E-state index contributed by atoms with van der Waals surface area (Å²) in [6.45, 7) is 2.34. The van der Waals surface area contributed by atoms with Crippen LogP contribution in [0.5, 0.6) is 11.5 Å². The molecule has 12 rings (SSSR count). The molecule has 2 aliphatic heterocycles. The Morgan fingerprint density at radius 3 is 2.02 bits per heavy atom. The lowest BCUT2D eigenvalue weighted by molar-refractivity contribution is 0.477. The largest absolute Gasteiger partial charge is 0.452 e. The Morgan fingerprint density at radius 2 is 1.22 bits per heavy atom. The average molecular weight is 758 g/mol. The predicted octanol–water partition coefficient (Wildman–Crippen LogP) is 14.3. The van der Waals surface area contributed by atoms with Gasteiger partial charge in [-0.1, -0.05) is 153 Å². The molecular weight excluding hydrogens is 719 g/mol. The van der Waals surface area contributed by atoms with Crippen LogP contribution in [-0.4, -0.2) is 4.98 Å². The first-order valence-corrected chi connectivity index (χ1v) is 20.5. The zero-order chi connectivity index (χ0) is 39.1. The minimum Gasteiger partial charge on any atom is -0.452 e. The van der Waals surface area contributed by atoms with Gasteiger partial charge in [0.1, 0.15) is 5.82 Å². The Hall–Kier alpha value is -7.43. The van der Waals surface area contributed by atoms with Crippen molar-refractivity contribution in [3.63, 3.8) is 0 Å². The molecule has 3 heterocycles. The standard InChI is InChI=1S/C55H39N3O/c1-36-29-31-48-45(33-36)55(43-25-13-14-26-47(43)57(48)40-21-9-4-10-22-40)42-24-12-11-23-41(42)53-44(55)30-32-50-54(53)59-51-28-16-15-27-49(51)58(50)52-35-39(37-17-5-2-6-18-37)34-46(56-52)38-19-7-3-8-20-38/h2-32,34-36H,33H2,1H3. The number of nitrogens with zero attached hydrogens (tertiary/aromatic N) is 3. The summed E-state index contributed by atoms with van der Waals surface area (Å²) in [5.74, 6) is 2.86. The summed E-state index contributed by atoms with van der Waals surface area (Å²) in [6, 6.07) is 67.4. The number of benzene rings is 7. The van der Waals surface area contributed by atoms with Crippen LogP contribution in [0.25, 0.3) is 33.5 Å². The zero-order valence-corrected chi connectivity index (χ0v) is 32.6. The van der Waals surface area contributed by atoms with E-state index in [-0.39, 0.29) is 0 Å². The molecule has 0 saturated carbocycles. The molecule has 2 atom stereocenters. The highest BCUT2D eigenvalue weighted by atomic mass is 16.5. The second kappa shape index (κ2) is 13.1. The summed E-state index contributed by atoms with van der Waals surface area (Å²) < 4.78 is 7.22. The highest BCUT2D eigenvalue weighted by Gasteiger charge is 2.54. The third kappa shape index (κ3) is 4.93. The van der Waals surface area contributed by atoms with Gasteiger partial charge in [0.25, 0.3) is 0 Å². The number of ether oxygens (including phenoxy) is 1. The molecule has 2 unspecified atom stereocenters. The quantitative estimate of drug-likeness (QED) is 0.179. The maximum Gasteiger partial charge on any atom is 0.159 e. The van der Waals surface area contributed by atoms with Crippen LogP contribution in [0.2, 0.25) is 0 Å². The fourth-order valence-electron chi connectivity index (χ4n) is 10.2. The molecule has 8 aromatic rings. The molecule has 7 aromatic carbocycles. The minimum atomic E-state index is -0.533. The lowest BCUT2D eigenvalue weighted by atomic mass is 9.61. The van der Waals surface area contributed by atoms with Crippen LogP contribution in [0.4, 0.5) is 28.6 Å². The molecule has 4 heteroatoms. The third-order valence-corrected chi connectivity index (χ3v) is 12.6. The molecule has 59 heavy (non-hydrogen) atoms. The van der Waals surface area contributed by atoms with Gasteiger partial charge in [-0.2, -0.15) is 0 Å². The van der Waals surface area contributed by atoms with Crippen molar-refractivity contribution in [2.45, 2.75) is 18.8 Å². The van der Waals surface area contributed by atoms with Gasteiger partial charge in [-0.15, -0.1) is 0 Å². The number of fused-ring (bicyclic) bond motifs is 11. The summed E-state index contributed by atoms with van der Waals surface area (Å²) in [5, 5.41) is 0. The fourth-order valence-corrected chi connectivity index (χ4v) is 10.2. The summed E-state index contributed by atoms with van der Waals surface area (Å²) in [4.78, 5) is 10.2. The van der Waals surface area contributed by atoms with Gasteiger partial charge >= 0.3 is 0 Å². The molecule has 0 N–H and O–H groups in total. The van der Waals surface area contributed by atoms with Crippen molar-refractivity contribution in [3.05, 3.63) is 228 Å². The topological polar surface area (TPSA) is 28.6 Å². The van der Waals surface area contributed by atoms with Gasteiger partial charge in [-0.3, -0.25) is 4.90 Å². The maximum absolute atomic E-state index is 7.22. The molecule has 1 spiro atoms. The summed E-state index contributed by atoms with van der Waals surface area (Å²) >= 11 is 0. The number of rotatable bonds is 4. The van der Waals surface area contributed by atoms with Crippen molar-refractivity contribution >= 4 is 28.6 Å². The maximum atomic E-state index is 7.22. The Labute approximate surface area is 344 Å². The van der Waals surface area contributed by atoms with Gasteiger partial charge in [0.15, 0.2) is 11.5 Å². The molecule has 0 saturated heterocycles. The van der Waals surface area contributed by atoms with Gasteiger partial charge in [0.2, 0.25) is 0 Å². The number of hydrogen-bond acceptors (Lipinski definition) is 4. The summed E-state index contributed by atoms with van der Waals surface area (Å²) in [6.07, 6.45) is 5.68. The first kappa shape index (κ1) is 33.7. The van der Waals surface area contributed by atoms with Crippen molar-refractivity contribution in [1.29, 1.82) is 0 Å². The van der Waals surface area contributed by atoms with Crippen molar-refractivity contribution in [2.24, 2.45) is 5.92 Å². The van der Waals surface area contributed by atoms with Crippen LogP contribution in [0, 0.1) is 5.92 Å². The molecule has 0 bridgehead atoms. The van der Waals surface area contributed by atoms with Crippen LogP contribution in [0.15, 0.2) is 211 Å². The first-order chi connectivity index (χ1) is 29.2. The molecule has 0 radical (unpaired) electrons. The van der Waals surface area contributed by atoms with Gasteiger partial charge in [-0.05, 0) is 106 Å². The van der Waals surface area contributed by atoms with Gasteiger partial charge in [-0.25, -0.2) is 4.98 Å². The van der Waals surface area contributed by atoms with E-state index in [1.54, 1.807) is 0 Å². The zero-order valence-electron chi connectivity index (χ0n) is 32.6. The highest BCUT2D eigenvalue weighted by Crippen LogP contribution is 2.67. The number of hydrogen-bond donors (Lipinski definition) is 0. The van der Waals surface area contributed by atoms with Gasteiger partial charge < -0.3 is 9.64 Å². The number of pyridine rings is 1. The van der Waals surface area contributed by atoms with Crippen molar-refractivity contribution in [2.75, 3.05) is 9.80 Å². The number of para-hydroxylation sites is 4. The van der Waals surface area contributed by atoms with E-state index < -0.39 is 5.41 Å². The van der Waals surface area contributed by atoms with Crippen LogP contribution < -0.4 is 14.5 Å². The highest BCUT2D eigenvalue weighted by molar-refractivity contribution is 6.00. The number of aromatic nitrogens is 1. The summed E-state index contributed by atoms with van der Waals surface area (Å²) in [7, 11) is 0. The van der Waals surface area contributed by atoms with Gasteiger partial charge in [0, 0.05) is 22.5 Å². The molecule has 4 nitrogen and oxygen atoms in total. The fraction of sp³-hybridized carbons (Fsp3) is 0.0727. The molecule has 2 aliphatic carbocycles. The normalized spacial score (nSPS) is 18.0. The second-order valence-corrected chi connectivity index (χ2v) is 16.0. The molecule has 0 amide bonds. The van der Waals surface area contributed by atoms with E-state index in [1.165, 1.54) is 39.2 Å². The Kier molecular flexibility index (Phi) is 7.45. The van der Waals surface area contributed by atoms with Crippen molar-refractivity contribution < 1.29 is 4.74 Å². The molecule has 1 aromatic heterocycles. The Morgan fingerprint density at radius 1 is 0.559 bits per heavy atom. The third-order valence-electron chi connectivity index (χ3n) is 12.6. The van der Waals surface area contributed by atoms with E-state index in [2.05, 4.69) is 217 Å². The molecule has 4 aliphatic rings. The Balaban J connectivity index is 1.14. The Bertz CT molecular complexity index is 2970.